The molecule has 1 amide bonds. The normalized spacial score (nSPS) is 16.2. The van der Waals surface area contributed by atoms with Crippen LogP contribution in [0.5, 0.6) is 0 Å². The van der Waals surface area contributed by atoms with E-state index in [1.807, 2.05) is 31.3 Å². The SMILES string of the molecule is CN(CCNS(=O)(=O)c1cc(Br)cc2c1N(C(=O)C1CC1)CC2)Cc1ccccc1. The number of rotatable bonds is 8. The van der Waals surface area contributed by atoms with Gasteiger partial charge in [-0.2, -0.15) is 0 Å². The summed E-state index contributed by atoms with van der Waals surface area (Å²) < 4.78 is 29.7. The van der Waals surface area contributed by atoms with Crippen molar-refractivity contribution in [3.8, 4) is 0 Å². The fourth-order valence-electron chi connectivity index (χ4n) is 3.87. The fourth-order valence-corrected chi connectivity index (χ4v) is 5.82. The van der Waals surface area contributed by atoms with Crippen molar-refractivity contribution in [1.29, 1.82) is 0 Å². The number of sulfonamides is 1. The molecular weight excluding hydrogens is 466 g/mol. The van der Waals surface area contributed by atoms with Gasteiger partial charge in [0.1, 0.15) is 4.90 Å². The van der Waals surface area contributed by atoms with Crippen molar-refractivity contribution in [1.82, 2.24) is 9.62 Å². The van der Waals surface area contributed by atoms with Crippen LogP contribution in [0.2, 0.25) is 0 Å². The summed E-state index contributed by atoms with van der Waals surface area (Å²) in [5, 5.41) is 0. The van der Waals surface area contributed by atoms with Crippen LogP contribution in [0.4, 0.5) is 5.69 Å². The van der Waals surface area contributed by atoms with Crippen molar-refractivity contribution in [3.05, 3.63) is 58.1 Å². The van der Waals surface area contributed by atoms with Crippen molar-refractivity contribution in [2.24, 2.45) is 5.92 Å². The second-order valence-electron chi connectivity index (χ2n) is 8.05. The molecule has 0 bridgehead atoms. The van der Waals surface area contributed by atoms with E-state index in [-0.39, 0.29) is 16.7 Å². The molecule has 1 heterocycles. The lowest BCUT2D eigenvalue weighted by molar-refractivity contribution is -0.119. The Morgan fingerprint density at radius 2 is 1.97 bits per heavy atom. The summed E-state index contributed by atoms with van der Waals surface area (Å²) >= 11 is 3.43. The molecule has 2 aromatic carbocycles. The van der Waals surface area contributed by atoms with Crippen LogP contribution in [0.15, 0.2) is 51.8 Å². The van der Waals surface area contributed by atoms with Crippen LogP contribution >= 0.6 is 15.9 Å². The molecule has 30 heavy (non-hydrogen) atoms. The third kappa shape index (κ3) is 4.77. The highest BCUT2D eigenvalue weighted by molar-refractivity contribution is 9.10. The number of nitrogens with zero attached hydrogens (tertiary/aromatic N) is 2. The Labute approximate surface area is 186 Å². The molecule has 1 aliphatic heterocycles. The van der Waals surface area contributed by atoms with Gasteiger partial charge in [0.2, 0.25) is 15.9 Å². The van der Waals surface area contributed by atoms with Crippen molar-refractivity contribution in [2.45, 2.75) is 30.7 Å². The Bertz CT molecular complexity index is 1040. The quantitative estimate of drug-likeness (QED) is 0.615. The minimum Gasteiger partial charge on any atom is -0.310 e. The van der Waals surface area contributed by atoms with E-state index in [2.05, 4.69) is 37.7 Å². The third-order valence-corrected chi connectivity index (χ3v) is 7.49. The van der Waals surface area contributed by atoms with Crippen molar-refractivity contribution in [2.75, 3.05) is 31.6 Å². The molecular formula is C22H26BrN3O3S. The van der Waals surface area contributed by atoms with Gasteiger partial charge in [0.15, 0.2) is 0 Å². The maximum atomic E-state index is 13.1. The summed E-state index contributed by atoms with van der Waals surface area (Å²) in [7, 11) is -1.78. The summed E-state index contributed by atoms with van der Waals surface area (Å²) in [5.41, 5.74) is 2.64. The number of fused-ring (bicyclic) bond motifs is 1. The molecule has 1 saturated carbocycles. The monoisotopic (exact) mass is 491 g/mol. The zero-order valence-corrected chi connectivity index (χ0v) is 19.4. The molecule has 0 atom stereocenters. The number of benzene rings is 2. The van der Waals surface area contributed by atoms with Crippen molar-refractivity contribution in [3.63, 3.8) is 0 Å². The molecule has 160 valence electrons. The fraction of sp³-hybridized carbons (Fsp3) is 0.409. The Kier molecular flexibility index (Phi) is 6.29. The van der Waals surface area contributed by atoms with Crippen LogP contribution in [-0.4, -0.2) is 45.9 Å². The van der Waals surface area contributed by atoms with Crippen molar-refractivity contribution < 1.29 is 13.2 Å². The highest BCUT2D eigenvalue weighted by Gasteiger charge is 2.39. The average Bonchev–Trinajstić information content (AvgIpc) is 3.47. The van der Waals surface area contributed by atoms with E-state index in [0.717, 1.165) is 24.9 Å². The molecule has 0 aromatic heterocycles. The molecule has 6 nitrogen and oxygen atoms in total. The first-order valence-corrected chi connectivity index (χ1v) is 12.5. The predicted octanol–water partition coefficient (Wildman–Crippen LogP) is 3.16. The van der Waals surface area contributed by atoms with Gasteiger partial charge in [-0.3, -0.25) is 4.79 Å². The number of amides is 1. The lowest BCUT2D eigenvalue weighted by Gasteiger charge is -2.21. The van der Waals surface area contributed by atoms with Crippen LogP contribution in [-0.2, 0) is 27.8 Å². The molecule has 0 unspecified atom stereocenters. The lowest BCUT2D eigenvalue weighted by atomic mass is 10.2. The zero-order chi connectivity index (χ0) is 21.3. The lowest BCUT2D eigenvalue weighted by Crippen LogP contribution is -2.35. The van der Waals surface area contributed by atoms with Crippen LogP contribution in [0.1, 0.15) is 24.0 Å². The summed E-state index contributed by atoms with van der Waals surface area (Å²) in [6, 6.07) is 13.6. The van der Waals surface area contributed by atoms with Crippen LogP contribution in [0, 0.1) is 5.92 Å². The first-order valence-electron chi connectivity index (χ1n) is 10.2. The number of anilines is 1. The van der Waals surface area contributed by atoms with E-state index in [4.69, 9.17) is 0 Å². The number of nitrogens with one attached hydrogen (secondary N) is 1. The number of hydrogen-bond acceptors (Lipinski definition) is 4. The highest BCUT2D eigenvalue weighted by Crippen LogP contribution is 2.41. The standard InChI is InChI=1S/C22H26BrN3O3S/c1-25(15-16-5-3-2-4-6-16)12-10-24-30(28,29)20-14-19(23)13-18-9-11-26(21(18)20)22(27)17-7-8-17/h2-6,13-14,17,24H,7-12,15H2,1H3. The van der Waals surface area contributed by atoms with Crippen LogP contribution < -0.4 is 9.62 Å². The zero-order valence-electron chi connectivity index (χ0n) is 17.0. The van der Waals surface area contributed by atoms with E-state index in [1.54, 1.807) is 11.0 Å². The van der Waals surface area contributed by atoms with Gasteiger partial charge in [-0.05, 0) is 49.6 Å². The van der Waals surface area contributed by atoms with E-state index in [1.165, 1.54) is 5.56 Å². The predicted molar refractivity (Wildman–Crippen MR) is 121 cm³/mol. The number of halogens is 1. The second-order valence-corrected chi connectivity index (χ2v) is 10.7. The number of carbonyl (C=O) groups is 1. The largest absolute Gasteiger partial charge is 0.310 e. The average molecular weight is 492 g/mol. The van der Waals surface area contributed by atoms with Gasteiger partial charge >= 0.3 is 0 Å². The topological polar surface area (TPSA) is 69.7 Å². The molecule has 0 radical (unpaired) electrons. The van der Waals surface area contributed by atoms with Crippen LogP contribution in [0.25, 0.3) is 0 Å². The van der Waals surface area contributed by atoms with Crippen LogP contribution in [0.3, 0.4) is 0 Å². The maximum absolute atomic E-state index is 13.1. The second kappa shape index (κ2) is 8.78. The summed E-state index contributed by atoms with van der Waals surface area (Å²) in [6.45, 7) is 2.17. The van der Waals surface area contributed by atoms with Gasteiger partial charge in [0.25, 0.3) is 0 Å². The molecule has 8 heteroatoms. The van der Waals surface area contributed by atoms with Gasteiger partial charge < -0.3 is 9.80 Å². The molecule has 1 fully saturated rings. The summed E-state index contributed by atoms with van der Waals surface area (Å²) in [5.74, 6) is 0.102. The molecule has 1 N–H and O–H groups in total. The minimum absolute atomic E-state index is 0.0507. The van der Waals surface area contributed by atoms with E-state index < -0.39 is 10.0 Å². The molecule has 2 aromatic rings. The summed E-state index contributed by atoms with van der Waals surface area (Å²) in [6.07, 6.45) is 2.47. The summed E-state index contributed by atoms with van der Waals surface area (Å²) in [4.78, 5) is 16.6. The van der Waals surface area contributed by atoms with Crippen molar-refractivity contribution >= 4 is 37.5 Å². The molecule has 1 aliphatic carbocycles. The smallest absolute Gasteiger partial charge is 0.242 e. The van der Waals surface area contributed by atoms with Gasteiger partial charge in [-0.15, -0.1) is 0 Å². The Morgan fingerprint density at radius 3 is 2.67 bits per heavy atom. The van der Waals surface area contributed by atoms with E-state index in [0.29, 0.717) is 36.2 Å². The molecule has 0 spiro atoms. The minimum atomic E-state index is -3.75. The van der Waals surface area contributed by atoms with E-state index >= 15 is 0 Å². The van der Waals surface area contributed by atoms with Gasteiger partial charge in [-0.1, -0.05) is 46.3 Å². The number of hydrogen-bond donors (Lipinski definition) is 1. The first kappa shape index (κ1) is 21.5. The first-order chi connectivity index (χ1) is 14.3. The maximum Gasteiger partial charge on any atom is 0.242 e. The molecule has 2 aliphatic rings. The molecule has 0 saturated heterocycles. The van der Waals surface area contributed by atoms with Gasteiger partial charge in [0.05, 0.1) is 5.69 Å². The van der Waals surface area contributed by atoms with E-state index in [9.17, 15) is 13.2 Å². The van der Waals surface area contributed by atoms with Gasteiger partial charge in [-0.25, -0.2) is 13.1 Å². The Hall–Kier alpha value is -1.74. The third-order valence-electron chi connectivity index (χ3n) is 5.56. The van der Waals surface area contributed by atoms with Gasteiger partial charge in [0, 0.05) is 36.6 Å². The highest BCUT2D eigenvalue weighted by atomic mass is 79.9. The Morgan fingerprint density at radius 1 is 1.23 bits per heavy atom. The number of carbonyl (C=O) groups excluding carboxylic acids is 1. The number of likely N-dealkylation sites (N-methyl/N-ethyl adjacent to an activating group) is 1. The Balaban J connectivity index is 1.47. The molecule has 4 rings (SSSR count).